The standard InChI is InChI=1S/C20H14N2O4/c23-17(13-7-3-1-4-8-13)15-16-19(25)21(14-9-5-2-6-10-14)11-12-22(16)20(26)18(15)24/h1-10H,11-12H2. The third-order valence-electron chi connectivity index (χ3n) is 4.50. The van der Waals surface area contributed by atoms with Gasteiger partial charge in [-0.1, -0.05) is 48.5 Å². The number of ketones is 2. The number of Topliss-reactive ketones (excluding diaryl/α,β-unsaturated/α-hetero) is 2. The van der Waals surface area contributed by atoms with Crippen LogP contribution in [0.2, 0.25) is 0 Å². The van der Waals surface area contributed by atoms with E-state index in [4.69, 9.17) is 0 Å². The molecule has 0 radical (unpaired) electrons. The third kappa shape index (κ3) is 2.35. The summed E-state index contributed by atoms with van der Waals surface area (Å²) in [4.78, 5) is 53.2. The predicted molar refractivity (Wildman–Crippen MR) is 93.3 cm³/mol. The first-order valence-corrected chi connectivity index (χ1v) is 8.16. The molecule has 2 aliphatic rings. The van der Waals surface area contributed by atoms with Gasteiger partial charge in [-0.25, -0.2) is 0 Å². The minimum Gasteiger partial charge on any atom is -0.305 e. The Hall–Kier alpha value is -3.54. The van der Waals surface area contributed by atoms with Crippen molar-refractivity contribution in [3.8, 4) is 0 Å². The number of hydrogen-bond donors (Lipinski definition) is 0. The van der Waals surface area contributed by atoms with Crippen LogP contribution in [-0.2, 0) is 14.4 Å². The van der Waals surface area contributed by atoms with Crippen molar-refractivity contribution < 1.29 is 19.2 Å². The highest BCUT2D eigenvalue weighted by atomic mass is 16.2. The van der Waals surface area contributed by atoms with Crippen LogP contribution < -0.4 is 4.90 Å². The number of carbonyl (C=O) groups is 4. The highest BCUT2D eigenvalue weighted by Crippen LogP contribution is 2.31. The molecule has 2 aromatic rings. The molecule has 2 aromatic carbocycles. The summed E-state index contributed by atoms with van der Waals surface area (Å²) in [6, 6.07) is 17.1. The quantitative estimate of drug-likeness (QED) is 0.480. The van der Waals surface area contributed by atoms with Crippen molar-refractivity contribution in [2.24, 2.45) is 0 Å². The number of hydrogen-bond acceptors (Lipinski definition) is 4. The minimum atomic E-state index is -0.919. The molecule has 0 atom stereocenters. The van der Waals surface area contributed by atoms with Gasteiger partial charge in [0.15, 0.2) is 5.78 Å². The number of anilines is 1. The third-order valence-corrected chi connectivity index (χ3v) is 4.50. The van der Waals surface area contributed by atoms with Crippen LogP contribution in [0.3, 0.4) is 0 Å². The fourth-order valence-electron chi connectivity index (χ4n) is 3.24. The second-order valence-electron chi connectivity index (χ2n) is 6.00. The van der Waals surface area contributed by atoms with Gasteiger partial charge in [0.2, 0.25) is 0 Å². The second kappa shape index (κ2) is 6.07. The van der Waals surface area contributed by atoms with Crippen molar-refractivity contribution in [3.05, 3.63) is 77.5 Å². The maximum absolute atomic E-state index is 13.0. The lowest BCUT2D eigenvalue weighted by molar-refractivity contribution is -0.140. The average molecular weight is 346 g/mol. The van der Waals surface area contributed by atoms with Gasteiger partial charge in [-0.05, 0) is 12.1 Å². The number of rotatable bonds is 3. The molecule has 6 heteroatoms. The van der Waals surface area contributed by atoms with Crippen LogP contribution in [0, 0.1) is 0 Å². The second-order valence-corrected chi connectivity index (χ2v) is 6.00. The zero-order valence-corrected chi connectivity index (χ0v) is 13.7. The van der Waals surface area contributed by atoms with Crippen molar-refractivity contribution in [2.75, 3.05) is 18.0 Å². The molecular weight excluding hydrogens is 332 g/mol. The molecular formula is C20H14N2O4. The average Bonchev–Trinajstić information content (AvgIpc) is 2.95. The number of fused-ring (bicyclic) bond motifs is 1. The summed E-state index contributed by atoms with van der Waals surface area (Å²) < 4.78 is 0. The molecule has 0 unspecified atom stereocenters. The molecule has 0 spiro atoms. The summed E-state index contributed by atoms with van der Waals surface area (Å²) in [5, 5.41) is 0. The van der Waals surface area contributed by atoms with Gasteiger partial charge >= 0.3 is 0 Å². The first-order valence-electron chi connectivity index (χ1n) is 8.16. The highest BCUT2D eigenvalue weighted by molar-refractivity contribution is 6.55. The number of para-hydroxylation sites is 1. The van der Waals surface area contributed by atoms with Crippen molar-refractivity contribution in [3.63, 3.8) is 0 Å². The lowest BCUT2D eigenvalue weighted by Crippen LogP contribution is -2.49. The molecule has 6 nitrogen and oxygen atoms in total. The lowest BCUT2D eigenvalue weighted by Gasteiger charge is -2.33. The Labute approximate surface area is 149 Å². The minimum absolute atomic E-state index is 0.121. The van der Waals surface area contributed by atoms with E-state index in [0.717, 1.165) is 4.90 Å². The zero-order chi connectivity index (χ0) is 18.3. The van der Waals surface area contributed by atoms with E-state index in [1.807, 2.05) is 6.07 Å². The molecule has 2 amide bonds. The molecule has 1 saturated heterocycles. The molecule has 26 heavy (non-hydrogen) atoms. The number of carbonyl (C=O) groups excluding carboxylic acids is 4. The molecule has 0 bridgehead atoms. The van der Waals surface area contributed by atoms with Crippen LogP contribution in [0.5, 0.6) is 0 Å². The predicted octanol–water partition coefficient (Wildman–Crippen LogP) is 1.58. The van der Waals surface area contributed by atoms with Crippen LogP contribution in [0.15, 0.2) is 71.9 Å². The first-order chi connectivity index (χ1) is 12.6. The van der Waals surface area contributed by atoms with E-state index in [-0.39, 0.29) is 29.9 Å². The maximum atomic E-state index is 13.0. The van der Waals surface area contributed by atoms with Crippen LogP contribution in [0.1, 0.15) is 10.4 Å². The van der Waals surface area contributed by atoms with Gasteiger partial charge in [0.25, 0.3) is 17.6 Å². The Bertz CT molecular complexity index is 964. The summed E-state index contributed by atoms with van der Waals surface area (Å²) in [5.41, 5.74) is 0.460. The van der Waals surface area contributed by atoms with E-state index in [2.05, 4.69) is 0 Å². The topological polar surface area (TPSA) is 74.8 Å². The van der Waals surface area contributed by atoms with Crippen LogP contribution in [0.4, 0.5) is 5.69 Å². The van der Waals surface area contributed by atoms with Crippen molar-refractivity contribution in [1.82, 2.24) is 4.90 Å². The number of piperazine rings is 1. The number of benzene rings is 2. The molecule has 1 fully saturated rings. The van der Waals surface area contributed by atoms with Gasteiger partial charge in [-0.3, -0.25) is 24.1 Å². The Morgan fingerprint density at radius 2 is 1.31 bits per heavy atom. The fraction of sp³-hybridized carbons (Fsp3) is 0.100. The smallest absolute Gasteiger partial charge is 0.299 e. The van der Waals surface area contributed by atoms with Gasteiger partial charge in [0.1, 0.15) is 11.3 Å². The molecule has 0 N–H and O–H groups in total. The van der Waals surface area contributed by atoms with E-state index in [1.54, 1.807) is 54.6 Å². The molecule has 2 aliphatic heterocycles. The van der Waals surface area contributed by atoms with Gasteiger partial charge in [-0.15, -0.1) is 0 Å². The van der Waals surface area contributed by atoms with Gasteiger partial charge < -0.3 is 4.90 Å². The summed E-state index contributed by atoms with van der Waals surface area (Å²) in [5.74, 6) is -2.86. The SMILES string of the molecule is O=C1C(=O)N2CCN(c3ccccc3)C(=O)C2=C1C(=O)c1ccccc1. The van der Waals surface area contributed by atoms with Crippen LogP contribution in [0.25, 0.3) is 0 Å². The maximum Gasteiger partial charge on any atom is 0.299 e. The van der Waals surface area contributed by atoms with E-state index in [1.165, 1.54) is 4.90 Å². The molecule has 2 heterocycles. The monoisotopic (exact) mass is 346 g/mol. The van der Waals surface area contributed by atoms with Crippen molar-refractivity contribution >= 4 is 29.1 Å². The Kier molecular flexibility index (Phi) is 3.73. The Morgan fingerprint density at radius 3 is 1.96 bits per heavy atom. The molecule has 0 saturated carbocycles. The summed E-state index contributed by atoms with van der Waals surface area (Å²) in [6.45, 7) is 0.435. The van der Waals surface area contributed by atoms with Crippen molar-refractivity contribution in [1.29, 1.82) is 0 Å². The molecule has 4 rings (SSSR count). The summed E-state index contributed by atoms with van der Waals surface area (Å²) in [6.07, 6.45) is 0. The molecule has 128 valence electrons. The summed E-state index contributed by atoms with van der Waals surface area (Å²) >= 11 is 0. The van der Waals surface area contributed by atoms with Gasteiger partial charge in [-0.2, -0.15) is 0 Å². The van der Waals surface area contributed by atoms with E-state index >= 15 is 0 Å². The lowest BCUT2D eigenvalue weighted by atomic mass is 9.99. The Balaban J connectivity index is 1.81. The van der Waals surface area contributed by atoms with Crippen LogP contribution >= 0.6 is 0 Å². The zero-order valence-electron chi connectivity index (χ0n) is 13.7. The van der Waals surface area contributed by atoms with E-state index in [0.29, 0.717) is 5.69 Å². The molecule has 0 aromatic heterocycles. The van der Waals surface area contributed by atoms with Crippen molar-refractivity contribution in [2.45, 2.75) is 0 Å². The first kappa shape index (κ1) is 16.0. The molecule has 0 aliphatic carbocycles. The van der Waals surface area contributed by atoms with E-state index < -0.39 is 23.4 Å². The van der Waals surface area contributed by atoms with Gasteiger partial charge in [0, 0.05) is 24.3 Å². The summed E-state index contributed by atoms with van der Waals surface area (Å²) in [7, 11) is 0. The fourth-order valence-corrected chi connectivity index (χ4v) is 3.24. The Morgan fingerprint density at radius 1 is 0.731 bits per heavy atom. The van der Waals surface area contributed by atoms with E-state index in [9.17, 15) is 19.2 Å². The largest absolute Gasteiger partial charge is 0.305 e. The van der Waals surface area contributed by atoms with Crippen LogP contribution in [-0.4, -0.2) is 41.4 Å². The highest BCUT2D eigenvalue weighted by Gasteiger charge is 2.48. The number of nitrogens with zero attached hydrogens (tertiary/aromatic N) is 2. The normalized spacial score (nSPS) is 17.0. The van der Waals surface area contributed by atoms with Gasteiger partial charge in [0.05, 0.1) is 0 Å². The number of amides is 2.